The molecule has 0 saturated heterocycles. The lowest BCUT2D eigenvalue weighted by molar-refractivity contribution is 0.170. The van der Waals surface area contributed by atoms with Crippen LogP contribution in [0.2, 0.25) is 0 Å². The largest absolute Gasteiger partial charge is 0.497 e. The van der Waals surface area contributed by atoms with Crippen LogP contribution in [-0.2, 0) is 12.0 Å². The SMILES string of the molecule is C#CCN1C(=O)N=C(N)C12CCCc1ccc(OC)cc12. The van der Waals surface area contributed by atoms with Gasteiger partial charge in [0.15, 0.2) is 0 Å². The first-order valence-corrected chi connectivity index (χ1v) is 6.90. The Kier molecular flexibility index (Phi) is 3.09. The number of methoxy groups -OCH3 is 1. The van der Waals surface area contributed by atoms with Gasteiger partial charge in [-0.1, -0.05) is 12.0 Å². The van der Waals surface area contributed by atoms with Crippen molar-refractivity contribution in [3.8, 4) is 18.1 Å². The van der Waals surface area contributed by atoms with E-state index in [9.17, 15) is 4.79 Å². The molecule has 0 fully saturated rings. The molecule has 2 amide bonds. The number of ether oxygens (including phenoxy) is 1. The van der Waals surface area contributed by atoms with Crippen LogP contribution >= 0.6 is 0 Å². The Hall–Kier alpha value is -2.48. The molecule has 0 radical (unpaired) electrons. The highest BCUT2D eigenvalue weighted by molar-refractivity contribution is 6.06. The lowest BCUT2D eigenvalue weighted by Gasteiger charge is -2.41. The smallest absolute Gasteiger partial charge is 0.347 e. The van der Waals surface area contributed by atoms with Crippen molar-refractivity contribution in [2.75, 3.05) is 13.7 Å². The first kappa shape index (κ1) is 13.5. The second kappa shape index (κ2) is 4.81. The molecule has 1 aromatic rings. The summed E-state index contributed by atoms with van der Waals surface area (Å²) >= 11 is 0. The summed E-state index contributed by atoms with van der Waals surface area (Å²) in [5, 5.41) is 0. The van der Waals surface area contributed by atoms with E-state index in [0.717, 1.165) is 36.1 Å². The summed E-state index contributed by atoms with van der Waals surface area (Å²) in [4.78, 5) is 17.7. The molecule has 108 valence electrons. The number of hydrogen-bond acceptors (Lipinski definition) is 3. The van der Waals surface area contributed by atoms with Gasteiger partial charge in [-0.2, -0.15) is 4.99 Å². The number of terminal acetylenes is 1. The van der Waals surface area contributed by atoms with Crippen molar-refractivity contribution in [3.63, 3.8) is 0 Å². The van der Waals surface area contributed by atoms with E-state index < -0.39 is 5.54 Å². The Morgan fingerprint density at radius 1 is 1.57 bits per heavy atom. The summed E-state index contributed by atoms with van der Waals surface area (Å²) in [6.45, 7) is 0.194. The van der Waals surface area contributed by atoms with Gasteiger partial charge in [-0.25, -0.2) is 4.79 Å². The van der Waals surface area contributed by atoms with Crippen molar-refractivity contribution in [3.05, 3.63) is 29.3 Å². The molecule has 2 N–H and O–H groups in total. The molecule has 1 spiro atoms. The number of aryl methyl sites for hydroxylation is 1. The third-order valence-electron chi connectivity index (χ3n) is 4.33. The molecule has 0 bridgehead atoms. The van der Waals surface area contributed by atoms with Gasteiger partial charge < -0.3 is 10.5 Å². The normalized spacial score (nSPS) is 23.7. The minimum absolute atomic E-state index is 0.194. The fourth-order valence-corrected chi connectivity index (χ4v) is 3.35. The monoisotopic (exact) mass is 283 g/mol. The molecule has 2 aliphatic rings. The van der Waals surface area contributed by atoms with Gasteiger partial charge in [0.05, 0.1) is 13.7 Å². The number of nitrogens with two attached hydrogens (primary N) is 1. The number of urea groups is 1. The number of benzene rings is 1. The highest BCUT2D eigenvalue weighted by Gasteiger charge is 2.51. The number of rotatable bonds is 2. The van der Waals surface area contributed by atoms with Crippen LogP contribution in [0.3, 0.4) is 0 Å². The lowest BCUT2D eigenvalue weighted by Crippen LogP contribution is -2.53. The molecule has 1 unspecified atom stereocenters. The third-order valence-corrected chi connectivity index (χ3v) is 4.33. The fraction of sp³-hybridized carbons (Fsp3) is 0.375. The number of carbonyl (C=O) groups is 1. The van der Waals surface area contributed by atoms with E-state index in [-0.39, 0.29) is 12.6 Å². The molecule has 1 aliphatic heterocycles. The van der Waals surface area contributed by atoms with Crippen LogP contribution in [0.15, 0.2) is 23.2 Å². The van der Waals surface area contributed by atoms with Crippen molar-refractivity contribution in [2.45, 2.75) is 24.8 Å². The van der Waals surface area contributed by atoms with E-state index >= 15 is 0 Å². The van der Waals surface area contributed by atoms with Gasteiger partial charge in [-0.15, -0.1) is 6.42 Å². The number of carbonyl (C=O) groups excluding carboxylic acids is 1. The minimum atomic E-state index is -0.717. The van der Waals surface area contributed by atoms with Crippen molar-refractivity contribution in [2.24, 2.45) is 10.7 Å². The maximum atomic E-state index is 12.1. The zero-order chi connectivity index (χ0) is 15.0. The summed E-state index contributed by atoms with van der Waals surface area (Å²) in [6, 6.07) is 5.53. The average molecular weight is 283 g/mol. The van der Waals surface area contributed by atoms with E-state index in [1.807, 2.05) is 18.2 Å². The molecule has 3 rings (SSSR count). The lowest BCUT2D eigenvalue weighted by atomic mass is 9.75. The molecule has 1 aromatic carbocycles. The molecule has 5 heteroatoms. The molecule has 5 nitrogen and oxygen atoms in total. The Bertz CT molecular complexity index is 675. The fourth-order valence-electron chi connectivity index (χ4n) is 3.35. The predicted octanol–water partition coefficient (Wildman–Crippen LogP) is 1.65. The maximum absolute atomic E-state index is 12.1. The second-order valence-corrected chi connectivity index (χ2v) is 5.31. The molecular weight excluding hydrogens is 266 g/mol. The Labute approximate surface area is 123 Å². The van der Waals surface area contributed by atoms with Crippen molar-refractivity contribution in [1.82, 2.24) is 4.90 Å². The van der Waals surface area contributed by atoms with E-state index in [2.05, 4.69) is 10.9 Å². The van der Waals surface area contributed by atoms with Gasteiger partial charge in [-0.05, 0) is 42.5 Å². The second-order valence-electron chi connectivity index (χ2n) is 5.31. The summed E-state index contributed by atoms with van der Waals surface area (Å²) in [7, 11) is 1.62. The van der Waals surface area contributed by atoms with E-state index in [1.165, 1.54) is 0 Å². The zero-order valence-corrected chi connectivity index (χ0v) is 11.9. The standard InChI is InChI=1S/C16H17N3O2/c1-3-9-19-15(20)18-14(17)16(19)8-4-5-11-6-7-12(21-2)10-13(11)16/h1,6-7,10H,4-5,8-9H2,2H3,(H2,17,18,20). The van der Waals surface area contributed by atoms with Gasteiger partial charge in [-0.3, -0.25) is 4.90 Å². The van der Waals surface area contributed by atoms with E-state index in [1.54, 1.807) is 12.0 Å². The molecule has 1 heterocycles. The molecule has 0 aromatic heterocycles. The summed E-state index contributed by atoms with van der Waals surface area (Å²) in [6.07, 6.45) is 8.04. The van der Waals surface area contributed by atoms with Crippen LogP contribution in [0.5, 0.6) is 5.75 Å². The van der Waals surface area contributed by atoms with Crippen LogP contribution in [0, 0.1) is 12.3 Å². The number of amidine groups is 1. The van der Waals surface area contributed by atoms with Crippen LogP contribution in [0.25, 0.3) is 0 Å². The van der Waals surface area contributed by atoms with Gasteiger partial charge >= 0.3 is 6.03 Å². The zero-order valence-electron chi connectivity index (χ0n) is 11.9. The third kappa shape index (κ3) is 1.79. The maximum Gasteiger partial charge on any atom is 0.347 e. The Morgan fingerprint density at radius 2 is 2.38 bits per heavy atom. The highest BCUT2D eigenvalue weighted by Crippen LogP contribution is 2.44. The average Bonchev–Trinajstić information content (AvgIpc) is 2.72. The topological polar surface area (TPSA) is 67.9 Å². The van der Waals surface area contributed by atoms with Gasteiger partial charge in [0.25, 0.3) is 0 Å². The van der Waals surface area contributed by atoms with Gasteiger partial charge in [0, 0.05) is 0 Å². The predicted molar refractivity (Wildman–Crippen MR) is 80.2 cm³/mol. The van der Waals surface area contributed by atoms with Gasteiger partial charge in [0.2, 0.25) is 0 Å². The van der Waals surface area contributed by atoms with Crippen molar-refractivity contribution >= 4 is 11.9 Å². The van der Waals surface area contributed by atoms with Crippen molar-refractivity contribution in [1.29, 1.82) is 0 Å². The summed E-state index contributed by atoms with van der Waals surface area (Å²) in [5.74, 6) is 3.61. The van der Waals surface area contributed by atoms with Crippen LogP contribution in [-0.4, -0.2) is 30.4 Å². The van der Waals surface area contributed by atoms with Crippen molar-refractivity contribution < 1.29 is 9.53 Å². The number of nitrogens with zero attached hydrogens (tertiary/aromatic N) is 2. The number of fused-ring (bicyclic) bond motifs is 2. The molecule has 1 atom stereocenters. The Morgan fingerprint density at radius 3 is 3.10 bits per heavy atom. The highest BCUT2D eigenvalue weighted by atomic mass is 16.5. The van der Waals surface area contributed by atoms with Gasteiger partial charge in [0.1, 0.15) is 17.1 Å². The quantitative estimate of drug-likeness (QED) is 0.839. The molecule has 21 heavy (non-hydrogen) atoms. The number of aliphatic imine (C=N–C) groups is 1. The first-order chi connectivity index (χ1) is 10.1. The number of amides is 2. The van der Waals surface area contributed by atoms with Crippen LogP contribution in [0.1, 0.15) is 24.0 Å². The minimum Gasteiger partial charge on any atom is -0.497 e. The van der Waals surface area contributed by atoms with Crippen LogP contribution < -0.4 is 10.5 Å². The molecule has 0 saturated carbocycles. The summed E-state index contributed by atoms with van der Waals surface area (Å²) < 4.78 is 5.32. The first-order valence-electron chi connectivity index (χ1n) is 6.90. The van der Waals surface area contributed by atoms with E-state index in [4.69, 9.17) is 16.9 Å². The number of hydrogen-bond donors (Lipinski definition) is 1. The Balaban J connectivity index is 2.21. The van der Waals surface area contributed by atoms with E-state index in [0.29, 0.717) is 5.84 Å². The molecule has 1 aliphatic carbocycles. The summed E-state index contributed by atoms with van der Waals surface area (Å²) in [5.41, 5.74) is 7.57. The van der Waals surface area contributed by atoms with Crippen LogP contribution in [0.4, 0.5) is 4.79 Å². The molecular formula is C16H17N3O2.